The minimum Gasteiger partial charge on any atom is -0.469 e. The number of nitrogens with one attached hydrogen (secondary N) is 1. The summed E-state index contributed by atoms with van der Waals surface area (Å²) in [4.78, 5) is 21.6. The lowest BCUT2D eigenvalue weighted by atomic mass is 9.96. The van der Waals surface area contributed by atoms with Gasteiger partial charge in [-0.1, -0.05) is 0 Å². The van der Waals surface area contributed by atoms with Crippen LogP contribution in [0.1, 0.15) is 12.8 Å². The average molecular weight is 172 g/mol. The van der Waals surface area contributed by atoms with Gasteiger partial charge in [-0.05, 0) is 0 Å². The summed E-state index contributed by atoms with van der Waals surface area (Å²) >= 11 is 0. The third kappa shape index (κ3) is 1.94. The topological polar surface area (TPSA) is 81.4 Å². The van der Waals surface area contributed by atoms with E-state index < -0.39 is 5.54 Å². The fourth-order valence-corrected chi connectivity index (χ4v) is 1.20. The minimum absolute atomic E-state index is 0.0856. The number of methoxy groups -OCH3 is 1. The Morgan fingerprint density at radius 2 is 2.50 bits per heavy atom. The quantitative estimate of drug-likeness (QED) is 0.511. The fourth-order valence-electron chi connectivity index (χ4n) is 1.20. The summed E-state index contributed by atoms with van der Waals surface area (Å²) in [5, 5.41) is 2.57. The summed E-state index contributed by atoms with van der Waals surface area (Å²) in [6.07, 6.45) is 0.282. The molecule has 1 heterocycles. The zero-order valence-corrected chi connectivity index (χ0v) is 6.92. The van der Waals surface area contributed by atoms with E-state index in [1.807, 2.05) is 0 Å². The van der Waals surface area contributed by atoms with Crippen LogP contribution < -0.4 is 11.1 Å². The molecule has 1 rings (SSSR count). The Morgan fingerprint density at radius 1 is 1.83 bits per heavy atom. The molecule has 0 aromatic carbocycles. The minimum atomic E-state index is -0.746. The lowest BCUT2D eigenvalue weighted by Crippen LogP contribution is -2.44. The van der Waals surface area contributed by atoms with Gasteiger partial charge in [0, 0.05) is 13.0 Å². The number of hydrogen-bond acceptors (Lipinski definition) is 4. The third-order valence-electron chi connectivity index (χ3n) is 1.87. The van der Waals surface area contributed by atoms with Gasteiger partial charge in [-0.2, -0.15) is 0 Å². The van der Waals surface area contributed by atoms with Crippen molar-refractivity contribution in [3.8, 4) is 0 Å². The number of hydrogen-bond donors (Lipinski definition) is 2. The Hall–Kier alpha value is -1.10. The molecule has 0 aromatic heterocycles. The third-order valence-corrected chi connectivity index (χ3v) is 1.87. The second-order valence-electron chi connectivity index (χ2n) is 3.07. The molecule has 0 aromatic rings. The summed E-state index contributed by atoms with van der Waals surface area (Å²) < 4.78 is 4.45. The molecule has 12 heavy (non-hydrogen) atoms. The summed E-state index contributed by atoms with van der Waals surface area (Å²) in [5.41, 5.74) is 5.00. The monoisotopic (exact) mass is 172 g/mol. The summed E-state index contributed by atoms with van der Waals surface area (Å²) in [6, 6.07) is 0. The van der Waals surface area contributed by atoms with Gasteiger partial charge in [0.1, 0.15) is 0 Å². The Morgan fingerprint density at radius 3 is 2.92 bits per heavy atom. The van der Waals surface area contributed by atoms with Crippen molar-refractivity contribution < 1.29 is 14.3 Å². The van der Waals surface area contributed by atoms with Crippen molar-refractivity contribution in [3.63, 3.8) is 0 Å². The van der Waals surface area contributed by atoms with E-state index in [2.05, 4.69) is 10.1 Å². The summed E-state index contributed by atoms with van der Waals surface area (Å²) in [6.45, 7) is 0.348. The number of carbonyl (C=O) groups is 2. The first kappa shape index (κ1) is 8.99. The van der Waals surface area contributed by atoms with Gasteiger partial charge in [-0.3, -0.25) is 9.59 Å². The van der Waals surface area contributed by atoms with E-state index in [1.165, 1.54) is 7.11 Å². The number of nitrogens with two attached hydrogens (primary N) is 1. The van der Waals surface area contributed by atoms with Crippen LogP contribution in [0.25, 0.3) is 0 Å². The van der Waals surface area contributed by atoms with Crippen molar-refractivity contribution in [2.24, 2.45) is 5.73 Å². The predicted octanol–water partition coefficient (Wildman–Crippen LogP) is -1.23. The SMILES string of the molecule is COC(=O)C[C@]1(N)CNC(=O)C1. The first-order chi connectivity index (χ1) is 5.56. The van der Waals surface area contributed by atoms with Crippen molar-refractivity contribution in [2.75, 3.05) is 13.7 Å². The number of esters is 1. The van der Waals surface area contributed by atoms with E-state index in [0.717, 1.165) is 0 Å². The van der Waals surface area contributed by atoms with Crippen LogP contribution in [-0.2, 0) is 14.3 Å². The average Bonchev–Trinajstić information content (AvgIpc) is 2.30. The molecule has 0 unspecified atom stereocenters. The number of ether oxygens (including phenoxy) is 1. The molecular weight excluding hydrogens is 160 g/mol. The summed E-state index contributed by atoms with van der Waals surface area (Å²) in [7, 11) is 1.30. The van der Waals surface area contributed by atoms with Crippen LogP contribution in [0.15, 0.2) is 0 Å². The van der Waals surface area contributed by atoms with E-state index in [-0.39, 0.29) is 24.7 Å². The maximum absolute atomic E-state index is 10.8. The molecule has 0 bridgehead atoms. The van der Waals surface area contributed by atoms with Gasteiger partial charge in [0.05, 0.1) is 19.1 Å². The standard InChI is InChI=1S/C7H12N2O3/c1-12-6(11)3-7(8)2-5(10)9-4-7/h2-4,8H2,1H3,(H,9,10)/t7-/m0/s1. The highest BCUT2D eigenvalue weighted by Crippen LogP contribution is 2.16. The molecule has 0 spiro atoms. The molecule has 1 amide bonds. The van der Waals surface area contributed by atoms with Crippen molar-refractivity contribution >= 4 is 11.9 Å². The zero-order valence-electron chi connectivity index (χ0n) is 6.92. The van der Waals surface area contributed by atoms with Gasteiger partial charge in [0.2, 0.25) is 5.91 Å². The molecular formula is C7H12N2O3. The van der Waals surface area contributed by atoms with Crippen LogP contribution in [0.4, 0.5) is 0 Å². The van der Waals surface area contributed by atoms with Gasteiger partial charge in [-0.25, -0.2) is 0 Å². The zero-order chi connectivity index (χ0) is 9.19. The van der Waals surface area contributed by atoms with Gasteiger partial charge >= 0.3 is 5.97 Å². The highest BCUT2D eigenvalue weighted by Gasteiger charge is 2.36. The van der Waals surface area contributed by atoms with Crippen molar-refractivity contribution in [2.45, 2.75) is 18.4 Å². The maximum Gasteiger partial charge on any atom is 0.307 e. The normalized spacial score (nSPS) is 28.3. The molecule has 68 valence electrons. The Labute approximate surface area is 70.2 Å². The number of rotatable bonds is 2. The Balaban J connectivity index is 2.50. The second-order valence-corrected chi connectivity index (χ2v) is 3.07. The molecule has 5 nitrogen and oxygen atoms in total. The second kappa shape index (κ2) is 3.10. The van der Waals surface area contributed by atoms with Crippen LogP contribution in [0.5, 0.6) is 0 Å². The Bertz CT molecular complexity index is 217. The highest BCUT2D eigenvalue weighted by atomic mass is 16.5. The van der Waals surface area contributed by atoms with E-state index in [1.54, 1.807) is 0 Å². The van der Waals surface area contributed by atoms with Crippen molar-refractivity contribution in [1.29, 1.82) is 0 Å². The van der Waals surface area contributed by atoms with Crippen molar-refractivity contribution in [3.05, 3.63) is 0 Å². The fraction of sp³-hybridized carbons (Fsp3) is 0.714. The molecule has 1 atom stereocenters. The van der Waals surface area contributed by atoms with Gasteiger partial charge in [0.25, 0.3) is 0 Å². The summed E-state index contributed by atoms with van der Waals surface area (Å²) in [5.74, 6) is -0.490. The van der Waals surface area contributed by atoms with Crippen molar-refractivity contribution in [1.82, 2.24) is 5.32 Å². The van der Waals surface area contributed by atoms with Crippen LogP contribution in [0, 0.1) is 0 Å². The molecule has 1 aliphatic rings. The van der Waals surface area contributed by atoms with Gasteiger partial charge in [0.15, 0.2) is 0 Å². The van der Waals surface area contributed by atoms with Crippen LogP contribution in [0.2, 0.25) is 0 Å². The number of amides is 1. The molecule has 0 radical (unpaired) electrons. The first-order valence-electron chi connectivity index (χ1n) is 3.68. The first-order valence-corrected chi connectivity index (χ1v) is 3.68. The lowest BCUT2D eigenvalue weighted by Gasteiger charge is -2.18. The molecule has 0 aliphatic carbocycles. The van der Waals surface area contributed by atoms with Crippen LogP contribution in [0.3, 0.4) is 0 Å². The molecule has 0 saturated carbocycles. The Kier molecular flexibility index (Phi) is 2.32. The molecule has 3 N–H and O–H groups in total. The van der Waals surface area contributed by atoms with E-state index in [0.29, 0.717) is 6.54 Å². The molecule has 1 aliphatic heterocycles. The lowest BCUT2D eigenvalue weighted by molar-refractivity contribution is -0.141. The van der Waals surface area contributed by atoms with E-state index in [4.69, 9.17) is 5.73 Å². The van der Waals surface area contributed by atoms with E-state index in [9.17, 15) is 9.59 Å². The van der Waals surface area contributed by atoms with Crippen LogP contribution in [-0.4, -0.2) is 31.1 Å². The largest absolute Gasteiger partial charge is 0.469 e. The van der Waals surface area contributed by atoms with Gasteiger partial charge in [-0.15, -0.1) is 0 Å². The van der Waals surface area contributed by atoms with Crippen LogP contribution >= 0.6 is 0 Å². The van der Waals surface area contributed by atoms with E-state index >= 15 is 0 Å². The highest BCUT2D eigenvalue weighted by molar-refractivity contribution is 5.82. The number of carbonyl (C=O) groups excluding carboxylic acids is 2. The molecule has 1 saturated heterocycles. The molecule has 5 heteroatoms. The predicted molar refractivity (Wildman–Crippen MR) is 41.2 cm³/mol. The van der Waals surface area contributed by atoms with Gasteiger partial charge < -0.3 is 15.8 Å². The smallest absolute Gasteiger partial charge is 0.307 e. The molecule has 1 fully saturated rings. The maximum atomic E-state index is 10.8.